The van der Waals surface area contributed by atoms with Crippen LogP contribution in [0.5, 0.6) is 51.7 Å². The lowest BCUT2D eigenvalue weighted by atomic mass is 9.77. The number of rotatable bonds is 11. The van der Waals surface area contributed by atoms with E-state index in [0.29, 0.717) is 23.1 Å². The molecule has 0 saturated carbocycles. The van der Waals surface area contributed by atoms with E-state index in [4.69, 9.17) is 0 Å². The van der Waals surface area contributed by atoms with Crippen molar-refractivity contribution in [3.05, 3.63) is 161 Å². The van der Waals surface area contributed by atoms with Gasteiger partial charge in [0.25, 0.3) is 0 Å². The van der Waals surface area contributed by atoms with Crippen LogP contribution in [0.3, 0.4) is 0 Å². The summed E-state index contributed by atoms with van der Waals surface area (Å²) in [5.74, 6) is -6.12. The fourth-order valence-electron chi connectivity index (χ4n) is 6.19. The van der Waals surface area contributed by atoms with Gasteiger partial charge in [-0.3, -0.25) is 9.59 Å². The molecule has 2 atom stereocenters. The van der Waals surface area contributed by atoms with Gasteiger partial charge in [0.1, 0.15) is 57.5 Å². The molecule has 9 N–H and O–H groups in total. The molecule has 0 aromatic heterocycles. The number of benzene rings is 6. The van der Waals surface area contributed by atoms with Crippen molar-refractivity contribution in [2.45, 2.75) is 31.1 Å². The Morgan fingerprint density at radius 2 is 0.796 bits per heavy atom. The van der Waals surface area contributed by atoms with Gasteiger partial charge >= 0.3 is 0 Å². The van der Waals surface area contributed by atoms with E-state index in [9.17, 15) is 55.5 Å². The van der Waals surface area contributed by atoms with Crippen molar-refractivity contribution in [3.8, 4) is 51.7 Å². The molecule has 0 amide bonds. The van der Waals surface area contributed by atoms with Crippen LogP contribution in [0, 0.1) is 0 Å². The highest BCUT2D eigenvalue weighted by Gasteiger charge is 2.36. The zero-order valence-corrected chi connectivity index (χ0v) is 28.7. The topological polar surface area (TPSA) is 216 Å². The van der Waals surface area contributed by atoms with Crippen LogP contribution in [-0.2, 0) is 24.1 Å². The molecule has 6 rings (SSSR count). The Hall–Kier alpha value is -7.14. The minimum atomic E-state index is -1.24. The second-order valence-electron chi connectivity index (χ2n) is 12.6. The number of ketones is 2. The Balaban J connectivity index is 0.000000291. The van der Waals surface area contributed by atoms with Crippen molar-refractivity contribution in [3.63, 3.8) is 0 Å². The summed E-state index contributed by atoms with van der Waals surface area (Å²) >= 11 is 0. The van der Waals surface area contributed by atoms with Crippen molar-refractivity contribution in [2.75, 3.05) is 0 Å². The molecule has 0 aliphatic heterocycles. The molecule has 0 aliphatic carbocycles. The number of hydrogen-bond donors (Lipinski definition) is 9. The number of Topliss-reactive ketones (excluding diaryl/α,β-unsaturated/α-hetero) is 2. The van der Waals surface area contributed by atoms with Gasteiger partial charge in [-0.2, -0.15) is 0 Å². The smallest absolute Gasteiger partial charge is 0.170 e. The molecule has 276 valence electrons. The maximum atomic E-state index is 14.3. The molecule has 0 radical (unpaired) electrons. The lowest BCUT2D eigenvalue weighted by molar-refractivity contribution is -0.122. The molecule has 0 fully saturated rings. The average Bonchev–Trinajstić information content (AvgIpc) is 3.12. The number of carbonyl (C=O) groups excluding carboxylic acids is 2. The molecule has 0 saturated heterocycles. The van der Waals surface area contributed by atoms with E-state index in [1.54, 1.807) is 42.5 Å². The van der Waals surface area contributed by atoms with Crippen molar-refractivity contribution < 1.29 is 55.5 Å². The molecule has 6 aromatic carbocycles. The summed E-state index contributed by atoms with van der Waals surface area (Å²) < 4.78 is 0. The van der Waals surface area contributed by atoms with Gasteiger partial charge in [0.2, 0.25) is 0 Å². The fourth-order valence-corrected chi connectivity index (χ4v) is 6.19. The van der Waals surface area contributed by atoms with Crippen LogP contribution in [0.2, 0.25) is 0 Å². The Kier molecular flexibility index (Phi) is 11.9. The number of hydrogen-bond acceptors (Lipinski definition) is 11. The van der Waals surface area contributed by atoms with E-state index < -0.39 is 52.1 Å². The second kappa shape index (κ2) is 16.9. The average molecular weight is 731 g/mol. The molecule has 0 spiro atoms. The van der Waals surface area contributed by atoms with Crippen LogP contribution in [0.25, 0.3) is 0 Å². The number of para-hydroxylation sites is 1. The summed E-state index contributed by atoms with van der Waals surface area (Å²) in [5, 5.41) is 91.2. The summed E-state index contributed by atoms with van der Waals surface area (Å²) in [7, 11) is 0. The van der Waals surface area contributed by atoms with Crippen LogP contribution in [0.1, 0.15) is 50.0 Å². The van der Waals surface area contributed by atoms with Crippen LogP contribution >= 0.6 is 0 Å². The molecule has 11 nitrogen and oxygen atoms in total. The van der Waals surface area contributed by atoms with Gasteiger partial charge in [-0.1, -0.05) is 66.7 Å². The highest BCUT2D eigenvalue weighted by Crippen LogP contribution is 2.46. The van der Waals surface area contributed by atoms with Crippen LogP contribution in [-0.4, -0.2) is 57.5 Å². The Morgan fingerprint density at radius 1 is 0.407 bits per heavy atom. The maximum absolute atomic E-state index is 14.3. The molecule has 2 unspecified atom stereocenters. The van der Waals surface area contributed by atoms with Crippen molar-refractivity contribution in [1.29, 1.82) is 0 Å². The van der Waals surface area contributed by atoms with Gasteiger partial charge in [0.05, 0.1) is 17.4 Å². The fraction of sp³-hybridized carbons (Fsp3) is 0.116. The third-order valence-electron chi connectivity index (χ3n) is 8.79. The Bertz CT molecular complexity index is 2070. The van der Waals surface area contributed by atoms with Gasteiger partial charge in [-0.05, 0) is 65.9 Å². The van der Waals surface area contributed by atoms with E-state index in [0.717, 1.165) is 29.8 Å². The zero-order chi connectivity index (χ0) is 38.9. The van der Waals surface area contributed by atoms with Crippen molar-refractivity contribution >= 4 is 11.6 Å². The van der Waals surface area contributed by atoms with Gasteiger partial charge < -0.3 is 46.0 Å². The van der Waals surface area contributed by atoms with Gasteiger partial charge in [0.15, 0.2) is 5.78 Å². The van der Waals surface area contributed by atoms with Crippen LogP contribution in [0.15, 0.2) is 127 Å². The maximum Gasteiger partial charge on any atom is 0.170 e. The standard InChI is InChI=1S/C29H26O9.C14H12O2/c30-17-5-1-15(2-6-17)9-21(27-23(34)11-19(32)12-24(27)35)29(38)22(10-16-3-7-18(31)8-4-16)28-25(36)13-20(33)14-26(28)37;15-13-9-5-4-8-12(13)14(16)10-11-6-2-1-3-7-11/h1-8,11-14,21-22,30-37H,9-10H2;1-9,15H,10H2. The molecule has 54 heavy (non-hydrogen) atoms. The molecule has 0 aliphatic rings. The van der Waals surface area contributed by atoms with Crippen LogP contribution < -0.4 is 0 Å². The summed E-state index contributed by atoms with van der Waals surface area (Å²) in [6.45, 7) is 0. The highest BCUT2D eigenvalue weighted by atomic mass is 16.3. The molecule has 6 aromatic rings. The van der Waals surface area contributed by atoms with E-state index in [1.807, 2.05) is 30.3 Å². The SMILES string of the molecule is O=C(C(Cc1ccc(O)cc1)c1c(O)cc(O)cc1O)C(Cc1ccc(O)cc1)c1c(O)cc(O)cc1O.O=C(Cc1ccccc1)c1ccccc1O. The quantitative estimate of drug-likeness (QED) is 0.0614. The zero-order valence-electron chi connectivity index (χ0n) is 28.7. The summed E-state index contributed by atoms with van der Waals surface area (Å²) in [6, 6.07) is 32.0. The minimum Gasteiger partial charge on any atom is -0.508 e. The second-order valence-corrected chi connectivity index (χ2v) is 12.6. The first-order valence-electron chi connectivity index (χ1n) is 16.7. The van der Waals surface area contributed by atoms with Gasteiger partial charge in [0, 0.05) is 41.8 Å². The Labute approximate surface area is 310 Å². The van der Waals surface area contributed by atoms with Gasteiger partial charge in [-0.25, -0.2) is 0 Å². The van der Waals surface area contributed by atoms with Crippen LogP contribution in [0.4, 0.5) is 0 Å². The number of carbonyl (C=O) groups is 2. The molecule has 11 heteroatoms. The predicted molar refractivity (Wildman–Crippen MR) is 200 cm³/mol. The highest BCUT2D eigenvalue weighted by molar-refractivity contribution is 5.99. The monoisotopic (exact) mass is 730 g/mol. The van der Waals surface area contributed by atoms with Gasteiger partial charge in [-0.15, -0.1) is 0 Å². The van der Waals surface area contributed by atoms with Crippen molar-refractivity contribution in [2.24, 2.45) is 0 Å². The normalized spacial score (nSPS) is 11.9. The summed E-state index contributed by atoms with van der Waals surface area (Å²) in [5.41, 5.74) is 2.12. The minimum absolute atomic E-state index is 0.00361. The third kappa shape index (κ3) is 9.39. The Morgan fingerprint density at radius 3 is 1.20 bits per heavy atom. The van der Waals surface area contributed by atoms with E-state index in [2.05, 4.69) is 0 Å². The third-order valence-corrected chi connectivity index (χ3v) is 8.79. The van der Waals surface area contributed by atoms with E-state index in [1.165, 1.54) is 30.3 Å². The lowest BCUT2D eigenvalue weighted by Gasteiger charge is -2.26. The van der Waals surface area contributed by atoms with E-state index in [-0.39, 0.29) is 47.0 Å². The lowest BCUT2D eigenvalue weighted by Crippen LogP contribution is -2.25. The molecular formula is C43H38O11. The molecular weight excluding hydrogens is 692 g/mol. The largest absolute Gasteiger partial charge is 0.508 e. The molecule has 0 heterocycles. The first-order valence-corrected chi connectivity index (χ1v) is 16.7. The first kappa shape index (κ1) is 38.1. The number of phenolic OH excluding ortho intramolecular Hbond substituents is 9. The van der Waals surface area contributed by atoms with Crippen molar-refractivity contribution in [1.82, 2.24) is 0 Å². The van der Waals surface area contributed by atoms with E-state index >= 15 is 0 Å². The summed E-state index contributed by atoms with van der Waals surface area (Å²) in [4.78, 5) is 26.2. The predicted octanol–water partition coefficient (Wildman–Crippen LogP) is 7.07. The molecule has 0 bridgehead atoms. The number of phenols is 9. The number of aromatic hydroxyl groups is 9. The first-order chi connectivity index (χ1) is 25.8. The summed E-state index contributed by atoms with van der Waals surface area (Å²) in [6.07, 6.45) is 0.200.